The normalized spacial score (nSPS) is 12.0. The fourth-order valence-electron chi connectivity index (χ4n) is 2.19. The fourth-order valence-corrected chi connectivity index (χ4v) is 2.19. The van der Waals surface area contributed by atoms with Crippen LogP contribution < -0.4 is 5.32 Å². The minimum atomic E-state index is -4.46. The molecule has 1 aromatic heterocycles. The van der Waals surface area contributed by atoms with Crippen LogP contribution in [0.2, 0.25) is 0 Å². The zero-order valence-electron chi connectivity index (χ0n) is 12.6. The van der Waals surface area contributed by atoms with Crippen LogP contribution in [0.25, 0.3) is 0 Å². The van der Waals surface area contributed by atoms with Gasteiger partial charge < -0.3 is 10.4 Å². The van der Waals surface area contributed by atoms with E-state index in [0.717, 1.165) is 12.1 Å². The van der Waals surface area contributed by atoms with E-state index in [1.807, 2.05) is 0 Å². The number of alkyl halides is 3. The monoisotopic (exact) mass is 334 g/mol. The standard InChI is InChI=1S/C17H13F3N2O2/c1-2-4-11-5-3-10-21-14(11)15(22-16(23)24)12-6-8-13(9-7-12)17(18,19)20/h3,5-10,15,22H,1H3,(H,23,24). The molecular weight excluding hydrogens is 321 g/mol. The van der Waals surface area contributed by atoms with Crippen molar-refractivity contribution < 1.29 is 23.1 Å². The number of rotatable bonds is 3. The Morgan fingerprint density at radius 3 is 2.46 bits per heavy atom. The highest BCUT2D eigenvalue weighted by Gasteiger charge is 2.30. The lowest BCUT2D eigenvalue weighted by Gasteiger charge is -2.19. The molecule has 2 rings (SSSR count). The number of nitrogens with zero attached hydrogens (tertiary/aromatic N) is 1. The van der Waals surface area contributed by atoms with Gasteiger partial charge in [-0.3, -0.25) is 4.98 Å². The van der Waals surface area contributed by atoms with E-state index in [-0.39, 0.29) is 0 Å². The Hall–Kier alpha value is -3.01. The molecule has 124 valence electrons. The van der Waals surface area contributed by atoms with Crippen LogP contribution in [0.15, 0.2) is 42.6 Å². The van der Waals surface area contributed by atoms with Gasteiger partial charge >= 0.3 is 12.3 Å². The molecule has 0 saturated carbocycles. The molecule has 1 heterocycles. The third kappa shape index (κ3) is 4.04. The SMILES string of the molecule is CC#Cc1cccnc1C(NC(=O)O)c1ccc(C(F)(F)F)cc1. The average Bonchev–Trinajstić information content (AvgIpc) is 2.53. The summed E-state index contributed by atoms with van der Waals surface area (Å²) in [6.45, 7) is 1.62. The predicted molar refractivity (Wildman–Crippen MR) is 81.2 cm³/mol. The van der Waals surface area contributed by atoms with Gasteiger partial charge in [0.2, 0.25) is 0 Å². The Labute approximate surface area is 136 Å². The second-order valence-electron chi connectivity index (χ2n) is 4.81. The number of hydrogen-bond acceptors (Lipinski definition) is 2. The Balaban J connectivity index is 2.50. The molecule has 0 aliphatic heterocycles. The van der Waals surface area contributed by atoms with Gasteiger partial charge in [-0.1, -0.05) is 18.1 Å². The van der Waals surface area contributed by atoms with Crippen molar-refractivity contribution in [1.29, 1.82) is 0 Å². The molecule has 1 aromatic carbocycles. The van der Waals surface area contributed by atoms with Crippen LogP contribution in [0.1, 0.15) is 35.3 Å². The van der Waals surface area contributed by atoms with Crippen LogP contribution in [0.3, 0.4) is 0 Å². The highest BCUT2D eigenvalue weighted by Crippen LogP contribution is 2.31. The van der Waals surface area contributed by atoms with Gasteiger partial charge in [0.1, 0.15) is 6.04 Å². The minimum absolute atomic E-state index is 0.328. The zero-order chi connectivity index (χ0) is 17.7. The topological polar surface area (TPSA) is 62.2 Å². The molecule has 2 N–H and O–H groups in total. The van der Waals surface area contributed by atoms with E-state index in [4.69, 9.17) is 5.11 Å². The van der Waals surface area contributed by atoms with Crippen molar-refractivity contribution >= 4 is 6.09 Å². The van der Waals surface area contributed by atoms with Gasteiger partial charge in [0.25, 0.3) is 0 Å². The summed E-state index contributed by atoms with van der Waals surface area (Å²) in [6, 6.07) is 6.64. The van der Waals surface area contributed by atoms with E-state index in [2.05, 4.69) is 22.1 Å². The molecule has 0 radical (unpaired) electrons. The summed E-state index contributed by atoms with van der Waals surface area (Å²) in [5.74, 6) is 5.51. The van der Waals surface area contributed by atoms with E-state index < -0.39 is 23.9 Å². The Morgan fingerprint density at radius 2 is 1.92 bits per heavy atom. The van der Waals surface area contributed by atoms with Gasteiger partial charge in [-0.2, -0.15) is 13.2 Å². The summed E-state index contributed by atoms with van der Waals surface area (Å²) >= 11 is 0. The van der Waals surface area contributed by atoms with Crippen molar-refractivity contribution in [3.05, 3.63) is 65.0 Å². The quantitative estimate of drug-likeness (QED) is 0.839. The minimum Gasteiger partial charge on any atom is -0.465 e. The molecule has 2 aromatic rings. The summed E-state index contributed by atoms with van der Waals surface area (Å²) in [6.07, 6.45) is -4.31. The highest BCUT2D eigenvalue weighted by molar-refractivity contribution is 5.66. The third-order valence-electron chi connectivity index (χ3n) is 3.21. The number of aromatic nitrogens is 1. The van der Waals surface area contributed by atoms with Crippen molar-refractivity contribution in [2.45, 2.75) is 19.1 Å². The van der Waals surface area contributed by atoms with Crippen molar-refractivity contribution in [2.75, 3.05) is 0 Å². The van der Waals surface area contributed by atoms with Crippen LogP contribution in [0.4, 0.5) is 18.0 Å². The summed E-state index contributed by atoms with van der Waals surface area (Å²) in [4.78, 5) is 15.2. The maximum Gasteiger partial charge on any atom is 0.416 e. The van der Waals surface area contributed by atoms with Crippen molar-refractivity contribution in [3.63, 3.8) is 0 Å². The molecule has 0 aliphatic carbocycles. The number of pyridine rings is 1. The van der Waals surface area contributed by atoms with Crippen LogP contribution >= 0.6 is 0 Å². The van der Waals surface area contributed by atoms with Crippen molar-refractivity contribution in [1.82, 2.24) is 10.3 Å². The highest BCUT2D eigenvalue weighted by atomic mass is 19.4. The Morgan fingerprint density at radius 1 is 1.25 bits per heavy atom. The third-order valence-corrected chi connectivity index (χ3v) is 3.21. The molecule has 1 amide bonds. The molecule has 0 aliphatic rings. The van der Waals surface area contributed by atoms with Crippen LogP contribution in [0.5, 0.6) is 0 Å². The number of hydrogen-bond donors (Lipinski definition) is 2. The molecule has 0 saturated heterocycles. The lowest BCUT2D eigenvalue weighted by atomic mass is 9.98. The number of benzene rings is 1. The smallest absolute Gasteiger partial charge is 0.416 e. The summed E-state index contributed by atoms with van der Waals surface area (Å²) in [5.41, 5.74) is 0.353. The second-order valence-corrected chi connectivity index (χ2v) is 4.81. The maximum atomic E-state index is 12.7. The zero-order valence-corrected chi connectivity index (χ0v) is 12.6. The second kappa shape index (κ2) is 7.04. The number of carboxylic acid groups (broad SMARTS) is 1. The van der Waals surface area contributed by atoms with Gasteiger partial charge in [0, 0.05) is 11.8 Å². The van der Waals surface area contributed by atoms with Crippen LogP contribution in [-0.2, 0) is 6.18 Å². The molecular formula is C17H13F3N2O2. The van der Waals surface area contributed by atoms with Crippen molar-refractivity contribution in [3.8, 4) is 11.8 Å². The van der Waals surface area contributed by atoms with E-state index in [1.54, 1.807) is 19.1 Å². The first-order valence-corrected chi connectivity index (χ1v) is 6.87. The number of carbonyl (C=O) groups is 1. The van der Waals surface area contributed by atoms with E-state index in [1.165, 1.54) is 18.3 Å². The largest absolute Gasteiger partial charge is 0.465 e. The fraction of sp³-hybridized carbons (Fsp3) is 0.176. The van der Waals surface area contributed by atoms with E-state index in [0.29, 0.717) is 16.8 Å². The predicted octanol–water partition coefficient (Wildman–Crippen LogP) is 3.83. The Kier molecular flexibility index (Phi) is 5.09. The molecule has 4 nitrogen and oxygen atoms in total. The lowest BCUT2D eigenvalue weighted by Crippen LogP contribution is -2.29. The first kappa shape index (κ1) is 17.3. The molecule has 0 fully saturated rings. The number of amides is 1. The van der Waals surface area contributed by atoms with Gasteiger partial charge in [0.05, 0.1) is 11.3 Å². The molecule has 1 unspecified atom stereocenters. The van der Waals surface area contributed by atoms with Gasteiger partial charge in [-0.05, 0) is 36.8 Å². The van der Waals surface area contributed by atoms with Crippen LogP contribution in [-0.4, -0.2) is 16.2 Å². The summed E-state index contributed by atoms with van der Waals surface area (Å²) < 4.78 is 38.0. The van der Waals surface area contributed by atoms with Gasteiger partial charge in [-0.25, -0.2) is 4.79 Å². The maximum absolute atomic E-state index is 12.7. The van der Waals surface area contributed by atoms with E-state index in [9.17, 15) is 18.0 Å². The first-order valence-electron chi connectivity index (χ1n) is 6.87. The Bertz CT molecular complexity index is 790. The molecule has 7 heteroatoms. The first-order chi connectivity index (χ1) is 11.3. The van der Waals surface area contributed by atoms with Gasteiger partial charge in [-0.15, -0.1) is 5.92 Å². The van der Waals surface area contributed by atoms with Gasteiger partial charge in [0.15, 0.2) is 0 Å². The lowest BCUT2D eigenvalue weighted by molar-refractivity contribution is -0.137. The van der Waals surface area contributed by atoms with Crippen LogP contribution in [0, 0.1) is 11.8 Å². The number of nitrogens with one attached hydrogen (secondary N) is 1. The average molecular weight is 334 g/mol. The van der Waals surface area contributed by atoms with Crippen molar-refractivity contribution in [2.24, 2.45) is 0 Å². The molecule has 0 bridgehead atoms. The van der Waals surface area contributed by atoms with E-state index >= 15 is 0 Å². The molecule has 1 atom stereocenters. The molecule has 24 heavy (non-hydrogen) atoms. The summed E-state index contributed by atoms with van der Waals surface area (Å²) in [7, 11) is 0. The number of halogens is 3. The summed E-state index contributed by atoms with van der Waals surface area (Å²) in [5, 5.41) is 11.3. The molecule has 0 spiro atoms.